The van der Waals surface area contributed by atoms with Gasteiger partial charge >= 0.3 is 5.97 Å². The number of carbonyl (C=O) groups is 1. The summed E-state index contributed by atoms with van der Waals surface area (Å²) in [6, 6.07) is 0. The molecule has 0 aliphatic heterocycles. The highest BCUT2D eigenvalue weighted by molar-refractivity contribution is 6.17. The van der Waals surface area contributed by atoms with E-state index in [2.05, 4.69) is 9.72 Å². The molecule has 16 heavy (non-hydrogen) atoms. The number of rotatable bonds is 3. The van der Waals surface area contributed by atoms with Gasteiger partial charge in [0.2, 0.25) is 0 Å². The number of nitrogens with zero attached hydrogens (tertiary/aromatic N) is 1. The van der Waals surface area contributed by atoms with Gasteiger partial charge < -0.3 is 4.74 Å². The summed E-state index contributed by atoms with van der Waals surface area (Å²) >= 11 is 5.58. The maximum atomic E-state index is 12.9. The first-order chi connectivity index (χ1) is 7.52. The molecule has 88 valence electrons. The van der Waals surface area contributed by atoms with Crippen molar-refractivity contribution in [3.05, 3.63) is 28.6 Å². The first kappa shape index (κ1) is 12.8. The molecule has 0 fully saturated rings. The molecule has 0 bridgehead atoms. The molecule has 1 aromatic heterocycles. The molecule has 0 N–H and O–H groups in total. The van der Waals surface area contributed by atoms with Crippen molar-refractivity contribution in [2.24, 2.45) is 0 Å². The predicted octanol–water partition coefficient (Wildman–Crippen LogP) is 2.85. The summed E-state index contributed by atoms with van der Waals surface area (Å²) in [6.45, 7) is 1.56. The number of halogens is 3. The number of methoxy groups -OCH3 is 1. The molecular weight excluding hydrogens is 240 g/mol. The number of ether oxygens (including phenoxy) is 1. The molecule has 0 aromatic carbocycles. The number of hydrogen-bond donors (Lipinski definition) is 0. The molecule has 1 rings (SSSR count). The van der Waals surface area contributed by atoms with Crippen molar-refractivity contribution in [2.45, 2.75) is 19.2 Å². The Morgan fingerprint density at radius 3 is 2.69 bits per heavy atom. The lowest BCUT2D eigenvalue weighted by atomic mass is 10.0. The Labute approximate surface area is 96.4 Å². The van der Waals surface area contributed by atoms with Gasteiger partial charge in [0.15, 0.2) is 0 Å². The van der Waals surface area contributed by atoms with E-state index in [4.69, 9.17) is 11.6 Å². The topological polar surface area (TPSA) is 39.2 Å². The summed E-state index contributed by atoms with van der Waals surface area (Å²) in [7, 11) is 1.12. The fraction of sp³-hybridized carbons (Fsp3) is 0.400. The number of pyridine rings is 1. The maximum absolute atomic E-state index is 12.9. The van der Waals surface area contributed by atoms with Crippen LogP contribution in [0.1, 0.15) is 33.6 Å². The van der Waals surface area contributed by atoms with E-state index < -0.39 is 18.0 Å². The quantitative estimate of drug-likeness (QED) is 0.611. The van der Waals surface area contributed by atoms with Crippen LogP contribution in [0.2, 0.25) is 0 Å². The maximum Gasteiger partial charge on any atom is 0.339 e. The molecule has 0 amide bonds. The van der Waals surface area contributed by atoms with Crippen LogP contribution in [0.4, 0.5) is 8.78 Å². The van der Waals surface area contributed by atoms with Crippen molar-refractivity contribution in [3.63, 3.8) is 0 Å². The van der Waals surface area contributed by atoms with Gasteiger partial charge in [0.1, 0.15) is 0 Å². The smallest absolute Gasteiger partial charge is 0.339 e. The molecule has 0 saturated carbocycles. The fourth-order valence-corrected chi connectivity index (χ4v) is 1.69. The molecule has 0 saturated heterocycles. The third-order valence-corrected chi connectivity index (χ3v) is 2.46. The van der Waals surface area contributed by atoms with Gasteiger partial charge in [-0.1, -0.05) is 0 Å². The standard InChI is InChI=1S/C10H10ClF2NO2/c1-5-6(3-11)8(9(12)13)7(4-14-5)10(15)16-2/h4,9H,3H2,1-2H3. The monoisotopic (exact) mass is 249 g/mol. The second-order valence-corrected chi connectivity index (χ2v) is 3.34. The van der Waals surface area contributed by atoms with Crippen molar-refractivity contribution in [1.82, 2.24) is 4.98 Å². The minimum atomic E-state index is -2.79. The SMILES string of the molecule is COC(=O)c1cnc(C)c(CCl)c1C(F)F. The molecule has 0 spiro atoms. The van der Waals surface area contributed by atoms with Gasteiger partial charge in [-0.3, -0.25) is 4.98 Å². The highest BCUT2D eigenvalue weighted by Gasteiger charge is 2.24. The molecule has 1 aromatic rings. The largest absolute Gasteiger partial charge is 0.465 e. The second kappa shape index (κ2) is 5.21. The van der Waals surface area contributed by atoms with E-state index in [0.29, 0.717) is 5.69 Å². The first-order valence-corrected chi connectivity index (χ1v) is 4.97. The summed E-state index contributed by atoms with van der Waals surface area (Å²) < 4.78 is 30.1. The highest BCUT2D eigenvalue weighted by Crippen LogP contribution is 2.29. The number of aryl methyl sites for hydroxylation is 1. The summed E-state index contributed by atoms with van der Waals surface area (Å²) in [6.07, 6.45) is -1.71. The van der Waals surface area contributed by atoms with Gasteiger partial charge in [-0.05, 0) is 12.5 Å². The number of alkyl halides is 3. The molecule has 3 nitrogen and oxygen atoms in total. The van der Waals surface area contributed by atoms with Crippen molar-refractivity contribution >= 4 is 17.6 Å². The number of esters is 1. The van der Waals surface area contributed by atoms with E-state index in [-0.39, 0.29) is 17.0 Å². The van der Waals surface area contributed by atoms with Gasteiger partial charge in [0.05, 0.1) is 12.7 Å². The zero-order valence-corrected chi connectivity index (χ0v) is 9.52. The average molecular weight is 250 g/mol. The second-order valence-electron chi connectivity index (χ2n) is 3.08. The molecule has 0 aliphatic rings. The Hall–Kier alpha value is -1.23. The number of carbonyl (C=O) groups excluding carboxylic acids is 1. The van der Waals surface area contributed by atoms with Crippen molar-refractivity contribution in [2.75, 3.05) is 7.11 Å². The van der Waals surface area contributed by atoms with Crippen LogP contribution in [0.5, 0.6) is 0 Å². The highest BCUT2D eigenvalue weighted by atomic mass is 35.5. The summed E-state index contributed by atoms with van der Waals surface area (Å²) in [5.74, 6) is -0.960. The van der Waals surface area contributed by atoms with E-state index in [9.17, 15) is 13.6 Å². The lowest BCUT2D eigenvalue weighted by molar-refractivity contribution is 0.0588. The zero-order valence-electron chi connectivity index (χ0n) is 8.76. The molecule has 6 heteroatoms. The minimum Gasteiger partial charge on any atom is -0.465 e. The van der Waals surface area contributed by atoms with Gasteiger partial charge in [-0.25, -0.2) is 13.6 Å². The Kier molecular flexibility index (Phi) is 4.18. The van der Waals surface area contributed by atoms with Gasteiger partial charge in [-0.15, -0.1) is 11.6 Å². The normalized spacial score (nSPS) is 10.6. The molecule has 1 heterocycles. The zero-order chi connectivity index (χ0) is 12.3. The van der Waals surface area contributed by atoms with Crippen LogP contribution < -0.4 is 0 Å². The van der Waals surface area contributed by atoms with Gasteiger partial charge in [0.25, 0.3) is 6.43 Å². The van der Waals surface area contributed by atoms with E-state index in [1.165, 1.54) is 0 Å². The van der Waals surface area contributed by atoms with Gasteiger partial charge in [-0.2, -0.15) is 0 Å². The minimum absolute atomic E-state index is 0.122. The first-order valence-electron chi connectivity index (χ1n) is 4.43. The Bertz CT molecular complexity index is 410. The Morgan fingerprint density at radius 2 is 2.25 bits per heavy atom. The summed E-state index contributed by atoms with van der Waals surface area (Å²) in [4.78, 5) is 15.1. The lowest BCUT2D eigenvalue weighted by Gasteiger charge is -2.12. The molecule has 0 aliphatic carbocycles. The number of aromatic nitrogens is 1. The van der Waals surface area contributed by atoms with E-state index in [1.54, 1.807) is 6.92 Å². The van der Waals surface area contributed by atoms with Crippen molar-refractivity contribution in [1.29, 1.82) is 0 Å². The van der Waals surface area contributed by atoms with E-state index in [0.717, 1.165) is 13.3 Å². The van der Waals surface area contributed by atoms with Crippen LogP contribution in [0, 0.1) is 6.92 Å². The average Bonchev–Trinajstić information content (AvgIpc) is 2.27. The molecular formula is C10H10ClF2NO2. The molecule has 0 radical (unpaired) electrons. The number of hydrogen-bond acceptors (Lipinski definition) is 3. The fourth-order valence-electron chi connectivity index (χ4n) is 1.36. The van der Waals surface area contributed by atoms with Crippen LogP contribution >= 0.6 is 11.6 Å². The van der Waals surface area contributed by atoms with Crippen molar-refractivity contribution in [3.8, 4) is 0 Å². The van der Waals surface area contributed by atoms with E-state index in [1.807, 2.05) is 0 Å². The van der Waals surface area contributed by atoms with Crippen LogP contribution in [-0.4, -0.2) is 18.1 Å². The third-order valence-electron chi connectivity index (χ3n) is 2.20. The van der Waals surface area contributed by atoms with Crippen LogP contribution in [0.3, 0.4) is 0 Å². The summed E-state index contributed by atoms with van der Waals surface area (Å²) in [5.41, 5.74) is -0.0642. The van der Waals surface area contributed by atoms with E-state index >= 15 is 0 Å². The Morgan fingerprint density at radius 1 is 1.62 bits per heavy atom. The van der Waals surface area contributed by atoms with Crippen LogP contribution in [0.25, 0.3) is 0 Å². The third kappa shape index (κ3) is 2.29. The lowest BCUT2D eigenvalue weighted by Crippen LogP contribution is -2.11. The Balaban J connectivity index is 3.45. The van der Waals surface area contributed by atoms with Crippen molar-refractivity contribution < 1.29 is 18.3 Å². The van der Waals surface area contributed by atoms with Gasteiger partial charge in [0, 0.05) is 23.3 Å². The predicted molar refractivity (Wildman–Crippen MR) is 54.8 cm³/mol. The van der Waals surface area contributed by atoms with Crippen LogP contribution in [-0.2, 0) is 10.6 Å². The summed E-state index contributed by atoms with van der Waals surface area (Å²) in [5, 5.41) is 0. The molecule has 0 atom stereocenters. The molecule has 0 unspecified atom stereocenters. The van der Waals surface area contributed by atoms with Crippen LogP contribution in [0.15, 0.2) is 6.20 Å².